The monoisotopic (exact) mass is 425 g/mol. The van der Waals surface area contributed by atoms with Crippen LogP contribution in [0.4, 0.5) is 17.1 Å². The second-order valence-electron chi connectivity index (χ2n) is 8.37. The summed E-state index contributed by atoms with van der Waals surface area (Å²) < 4.78 is 5.99. The van der Waals surface area contributed by atoms with Gasteiger partial charge in [-0.1, -0.05) is 66.7 Å². The lowest BCUT2D eigenvalue weighted by Crippen LogP contribution is -2.09. The number of para-hydroxylation sites is 2. The van der Waals surface area contributed by atoms with Crippen molar-refractivity contribution < 1.29 is 4.42 Å². The van der Waals surface area contributed by atoms with Crippen molar-refractivity contribution in [2.75, 3.05) is 4.90 Å². The number of nitrogens with zero attached hydrogens (tertiary/aromatic N) is 1. The maximum atomic E-state index is 5.99. The first kappa shape index (κ1) is 19.4. The molecule has 6 rings (SSSR count). The van der Waals surface area contributed by atoms with E-state index in [0.717, 1.165) is 39.0 Å². The first-order valence-electron chi connectivity index (χ1n) is 11.2. The normalized spacial score (nSPS) is 11.2. The van der Waals surface area contributed by atoms with Gasteiger partial charge in [0, 0.05) is 27.8 Å². The van der Waals surface area contributed by atoms with E-state index in [0.29, 0.717) is 0 Å². The Balaban J connectivity index is 1.42. The predicted octanol–water partition coefficient (Wildman–Crippen LogP) is 9.03. The minimum absolute atomic E-state index is 0.922. The molecule has 5 aromatic carbocycles. The van der Waals surface area contributed by atoms with Gasteiger partial charge in [-0.05, 0) is 78.2 Å². The molecule has 2 heteroatoms. The lowest BCUT2D eigenvalue weighted by Gasteiger charge is -2.26. The van der Waals surface area contributed by atoms with Crippen molar-refractivity contribution in [2.24, 2.45) is 0 Å². The van der Waals surface area contributed by atoms with Gasteiger partial charge in [-0.25, -0.2) is 0 Å². The molecule has 0 saturated carbocycles. The molecule has 0 radical (unpaired) electrons. The highest BCUT2D eigenvalue weighted by molar-refractivity contribution is 6.06. The summed E-state index contributed by atoms with van der Waals surface area (Å²) in [5.74, 6) is 0. The highest BCUT2D eigenvalue weighted by Gasteiger charge is 2.13. The molecule has 1 aromatic heterocycles. The van der Waals surface area contributed by atoms with E-state index in [1.54, 1.807) is 0 Å². The van der Waals surface area contributed by atoms with E-state index in [9.17, 15) is 0 Å². The third-order valence-corrected chi connectivity index (χ3v) is 6.11. The van der Waals surface area contributed by atoms with E-state index >= 15 is 0 Å². The molecule has 0 bridgehead atoms. The van der Waals surface area contributed by atoms with Crippen LogP contribution in [0, 0.1) is 6.92 Å². The van der Waals surface area contributed by atoms with E-state index in [1.165, 1.54) is 16.7 Å². The number of benzene rings is 5. The quantitative estimate of drug-likeness (QED) is 0.280. The predicted molar refractivity (Wildman–Crippen MR) is 139 cm³/mol. The fourth-order valence-electron chi connectivity index (χ4n) is 4.50. The van der Waals surface area contributed by atoms with Crippen molar-refractivity contribution in [1.82, 2.24) is 0 Å². The van der Waals surface area contributed by atoms with Gasteiger partial charge in [-0.15, -0.1) is 0 Å². The Kier molecular flexibility index (Phi) is 4.70. The van der Waals surface area contributed by atoms with Crippen LogP contribution in [-0.4, -0.2) is 0 Å². The summed E-state index contributed by atoms with van der Waals surface area (Å²) in [6, 6.07) is 42.6. The summed E-state index contributed by atoms with van der Waals surface area (Å²) in [5, 5.41) is 2.30. The molecule has 158 valence electrons. The SMILES string of the molecule is Cc1cccc(N(c2ccccc2)c2ccc(-c3ccc4oc5ccccc5c4c3)cc2)c1. The molecule has 0 fully saturated rings. The maximum absolute atomic E-state index is 5.99. The Morgan fingerprint density at radius 3 is 1.97 bits per heavy atom. The summed E-state index contributed by atoms with van der Waals surface area (Å²) >= 11 is 0. The molecule has 0 amide bonds. The van der Waals surface area contributed by atoms with Gasteiger partial charge in [0.05, 0.1) is 0 Å². The van der Waals surface area contributed by atoms with Crippen LogP contribution in [0.1, 0.15) is 5.56 Å². The highest BCUT2D eigenvalue weighted by atomic mass is 16.3. The molecule has 6 aromatic rings. The number of hydrogen-bond donors (Lipinski definition) is 0. The van der Waals surface area contributed by atoms with Gasteiger partial charge in [0.2, 0.25) is 0 Å². The van der Waals surface area contributed by atoms with Crippen molar-refractivity contribution in [3.63, 3.8) is 0 Å². The molecule has 0 aliphatic heterocycles. The lowest BCUT2D eigenvalue weighted by molar-refractivity contribution is 0.669. The van der Waals surface area contributed by atoms with E-state index < -0.39 is 0 Å². The molecule has 2 nitrogen and oxygen atoms in total. The summed E-state index contributed by atoms with van der Waals surface area (Å²) in [4.78, 5) is 2.30. The smallest absolute Gasteiger partial charge is 0.135 e. The zero-order valence-corrected chi connectivity index (χ0v) is 18.4. The molecule has 33 heavy (non-hydrogen) atoms. The molecule has 0 saturated heterocycles. The van der Waals surface area contributed by atoms with Crippen LogP contribution in [0.15, 0.2) is 126 Å². The average Bonchev–Trinajstić information content (AvgIpc) is 3.23. The minimum Gasteiger partial charge on any atom is -0.456 e. The first-order valence-corrected chi connectivity index (χ1v) is 11.2. The standard InChI is InChI=1S/C31H23NO/c1-22-8-7-11-27(20-22)32(25-9-3-2-4-10-25)26-17-14-23(15-18-26)24-16-19-31-29(21-24)28-12-5-6-13-30(28)33-31/h2-21H,1H3. The van der Waals surface area contributed by atoms with E-state index in [1.807, 2.05) is 12.1 Å². The van der Waals surface area contributed by atoms with Gasteiger partial charge in [0.25, 0.3) is 0 Å². The summed E-state index contributed by atoms with van der Waals surface area (Å²) in [7, 11) is 0. The number of rotatable bonds is 4. The summed E-state index contributed by atoms with van der Waals surface area (Å²) in [6.45, 7) is 2.13. The number of aryl methyl sites for hydroxylation is 1. The summed E-state index contributed by atoms with van der Waals surface area (Å²) in [5.41, 5.74) is 8.88. The van der Waals surface area contributed by atoms with Gasteiger partial charge in [-0.3, -0.25) is 0 Å². The van der Waals surface area contributed by atoms with Gasteiger partial charge >= 0.3 is 0 Å². The highest BCUT2D eigenvalue weighted by Crippen LogP contribution is 2.37. The first-order chi connectivity index (χ1) is 16.3. The van der Waals surface area contributed by atoms with Gasteiger partial charge < -0.3 is 9.32 Å². The largest absolute Gasteiger partial charge is 0.456 e. The third kappa shape index (κ3) is 3.56. The van der Waals surface area contributed by atoms with Crippen LogP contribution in [-0.2, 0) is 0 Å². The molecule has 1 heterocycles. The molecular weight excluding hydrogens is 402 g/mol. The van der Waals surface area contributed by atoms with Crippen molar-refractivity contribution in [1.29, 1.82) is 0 Å². The molecule has 0 aliphatic rings. The number of anilines is 3. The van der Waals surface area contributed by atoms with Crippen molar-refractivity contribution in [3.05, 3.63) is 127 Å². The second-order valence-corrected chi connectivity index (χ2v) is 8.37. The van der Waals surface area contributed by atoms with Crippen LogP contribution < -0.4 is 4.90 Å². The van der Waals surface area contributed by atoms with Crippen molar-refractivity contribution in [2.45, 2.75) is 6.92 Å². The van der Waals surface area contributed by atoms with Crippen molar-refractivity contribution >= 4 is 39.0 Å². The number of hydrogen-bond acceptors (Lipinski definition) is 2. The Morgan fingerprint density at radius 1 is 0.485 bits per heavy atom. The molecule has 0 aliphatic carbocycles. The molecule has 0 unspecified atom stereocenters. The summed E-state index contributed by atoms with van der Waals surface area (Å²) in [6.07, 6.45) is 0. The third-order valence-electron chi connectivity index (χ3n) is 6.11. The van der Waals surface area contributed by atoms with Crippen LogP contribution >= 0.6 is 0 Å². The molecule has 0 spiro atoms. The van der Waals surface area contributed by atoms with E-state index in [2.05, 4.69) is 121 Å². The van der Waals surface area contributed by atoms with Gasteiger partial charge in [0.15, 0.2) is 0 Å². The van der Waals surface area contributed by atoms with Crippen molar-refractivity contribution in [3.8, 4) is 11.1 Å². The second kappa shape index (κ2) is 7.99. The fourth-order valence-corrected chi connectivity index (χ4v) is 4.50. The Hall–Kier alpha value is -4.30. The van der Waals surface area contributed by atoms with Crippen LogP contribution in [0.2, 0.25) is 0 Å². The topological polar surface area (TPSA) is 16.4 Å². The Labute approximate surface area is 193 Å². The zero-order chi connectivity index (χ0) is 22.2. The van der Waals surface area contributed by atoms with Gasteiger partial charge in [0.1, 0.15) is 11.2 Å². The Morgan fingerprint density at radius 2 is 1.15 bits per heavy atom. The number of fused-ring (bicyclic) bond motifs is 3. The van der Waals surface area contributed by atoms with E-state index in [4.69, 9.17) is 4.42 Å². The van der Waals surface area contributed by atoms with Crippen LogP contribution in [0.25, 0.3) is 33.1 Å². The van der Waals surface area contributed by atoms with Crippen LogP contribution in [0.5, 0.6) is 0 Å². The van der Waals surface area contributed by atoms with Crippen LogP contribution in [0.3, 0.4) is 0 Å². The molecule has 0 N–H and O–H groups in total. The zero-order valence-electron chi connectivity index (χ0n) is 18.4. The Bertz CT molecular complexity index is 1560. The maximum Gasteiger partial charge on any atom is 0.135 e. The molecular formula is C31H23NO. The fraction of sp³-hybridized carbons (Fsp3) is 0.0323. The number of furan rings is 1. The molecule has 0 atom stereocenters. The minimum atomic E-state index is 0.922. The van der Waals surface area contributed by atoms with Gasteiger partial charge in [-0.2, -0.15) is 0 Å². The van der Waals surface area contributed by atoms with E-state index in [-0.39, 0.29) is 0 Å². The average molecular weight is 426 g/mol. The lowest BCUT2D eigenvalue weighted by atomic mass is 10.0.